The molecule has 1 aliphatic heterocycles. The molecule has 0 fully saturated rings. The van der Waals surface area contributed by atoms with Crippen molar-refractivity contribution in [3.63, 3.8) is 0 Å². The number of anilines is 2. The minimum atomic E-state index is -0.384. The van der Waals surface area contributed by atoms with Crippen LogP contribution in [0.15, 0.2) is 48.5 Å². The number of aromatic nitrogens is 3. The normalized spacial score (nSPS) is 19.6. The molecule has 7 heteroatoms. The Morgan fingerprint density at radius 1 is 1.17 bits per heavy atom. The molecule has 1 aromatic heterocycles. The Morgan fingerprint density at radius 3 is 2.71 bits per heavy atom. The molecule has 2 atom stereocenters. The number of hydrogen-bond acceptors (Lipinski definition) is 4. The van der Waals surface area contributed by atoms with Crippen LogP contribution in [0.5, 0.6) is 0 Å². The third-order valence-electron chi connectivity index (χ3n) is 4.24. The molecule has 5 nitrogen and oxygen atoms in total. The van der Waals surface area contributed by atoms with Gasteiger partial charge in [-0.1, -0.05) is 48.0 Å². The second kappa shape index (κ2) is 5.79. The van der Waals surface area contributed by atoms with Crippen LogP contribution in [0.4, 0.5) is 16.3 Å². The summed E-state index contributed by atoms with van der Waals surface area (Å²) in [4.78, 5) is 4.22. The Morgan fingerprint density at radius 2 is 1.96 bits per heavy atom. The second-order valence-electron chi connectivity index (χ2n) is 5.73. The standard InChI is InChI=1S/C17H15ClFN5/c18-11-7-4-8-12(19)15(11)14-9-13(10-5-2-1-3-6-10)21-17-22-16(20)23-24(14)17/h1-8,13-14H,9H2,(H3,20,21,22,23)/t13-,14-/m1/s1. The van der Waals surface area contributed by atoms with Crippen LogP contribution in [0.25, 0.3) is 0 Å². The fourth-order valence-corrected chi connectivity index (χ4v) is 3.46. The van der Waals surface area contributed by atoms with Crippen LogP contribution in [0, 0.1) is 5.82 Å². The molecule has 3 N–H and O–H groups in total. The van der Waals surface area contributed by atoms with Crippen LogP contribution in [-0.4, -0.2) is 14.8 Å². The number of nitrogens with zero attached hydrogens (tertiary/aromatic N) is 3. The average Bonchev–Trinajstić information content (AvgIpc) is 2.95. The van der Waals surface area contributed by atoms with E-state index in [4.69, 9.17) is 17.3 Å². The SMILES string of the molecule is Nc1nc2n(n1)[C@@H](c1c(F)cccc1Cl)C[C@H](c1ccccc1)N2. The van der Waals surface area contributed by atoms with E-state index in [2.05, 4.69) is 15.4 Å². The molecule has 0 unspecified atom stereocenters. The molecular weight excluding hydrogens is 329 g/mol. The van der Waals surface area contributed by atoms with Gasteiger partial charge in [-0.15, -0.1) is 5.10 Å². The highest BCUT2D eigenvalue weighted by Gasteiger charge is 2.33. The average molecular weight is 344 g/mol. The number of benzene rings is 2. The van der Waals surface area contributed by atoms with Gasteiger partial charge in [0.1, 0.15) is 5.82 Å². The van der Waals surface area contributed by atoms with Crippen LogP contribution in [0.2, 0.25) is 5.02 Å². The lowest BCUT2D eigenvalue weighted by Gasteiger charge is -2.32. The third-order valence-corrected chi connectivity index (χ3v) is 4.57. The zero-order chi connectivity index (χ0) is 16.7. The fraction of sp³-hybridized carbons (Fsp3) is 0.176. The van der Waals surface area contributed by atoms with Gasteiger partial charge < -0.3 is 11.1 Å². The molecule has 122 valence electrons. The monoisotopic (exact) mass is 343 g/mol. The third kappa shape index (κ3) is 2.49. The van der Waals surface area contributed by atoms with Gasteiger partial charge in [-0.05, 0) is 24.1 Å². The number of nitrogens with one attached hydrogen (secondary N) is 1. The summed E-state index contributed by atoms with van der Waals surface area (Å²) in [5.41, 5.74) is 7.24. The number of rotatable bonds is 2. The molecule has 1 aliphatic rings. The summed E-state index contributed by atoms with van der Waals surface area (Å²) in [6, 6.07) is 14.2. The summed E-state index contributed by atoms with van der Waals surface area (Å²) < 4.78 is 16.1. The molecule has 24 heavy (non-hydrogen) atoms. The van der Waals surface area contributed by atoms with Gasteiger partial charge in [0, 0.05) is 10.6 Å². The van der Waals surface area contributed by atoms with Gasteiger partial charge in [-0.25, -0.2) is 9.07 Å². The largest absolute Gasteiger partial charge is 0.366 e. The first-order valence-corrected chi connectivity index (χ1v) is 7.98. The van der Waals surface area contributed by atoms with Gasteiger partial charge in [0.25, 0.3) is 0 Å². The Labute approximate surface area is 143 Å². The molecule has 0 bridgehead atoms. The maximum atomic E-state index is 14.5. The number of nitrogens with two attached hydrogens (primary N) is 1. The molecule has 3 aromatic rings. The summed E-state index contributed by atoms with van der Waals surface area (Å²) in [6.07, 6.45) is 0.584. The highest BCUT2D eigenvalue weighted by molar-refractivity contribution is 6.31. The lowest BCUT2D eigenvalue weighted by molar-refractivity contribution is 0.416. The van der Waals surface area contributed by atoms with E-state index in [0.29, 0.717) is 23.0 Å². The van der Waals surface area contributed by atoms with Crippen molar-refractivity contribution >= 4 is 23.5 Å². The minimum Gasteiger partial charge on any atom is -0.366 e. The van der Waals surface area contributed by atoms with Crippen LogP contribution < -0.4 is 11.1 Å². The fourth-order valence-electron chi connectivity index (χ4n) is 3.17. The van der Waals surface area contributed by atoms with Crippen molar-refractivity contribution in [1.29, 1.82) is 0 Å². The molecular formula is C17H15ClFN5. The van der Waals surface area contributed by atoms with Gasteiger partial charge in [-0.3, -0.25) is 0 Å². The van der Waals surface area contributed by atoms with Crippen LogP contribution >= 0.6 is 11.6 Å². The van der Waals surface area contributed by atoms with E-state index in [1.54, 1.807) is 16.8 Å². The number of hydrogen-bond donors (Lipinski definition) is 2. The van der Waals surface area contributed by atoms with E-state index in [1.807, 2.05) is 30.3 Å². The molecule has 4 rings (SSSR count). The summed E-state index contributed by atoms with van der Waals surface area (Å²) in [6.45, 7) is 0. The number of halogens is 2. The van der Waals surface area contributed by atoms with Gasteiger partial charge in [0.15, 0.2) is 0 Å². The molecule has 0 aliphatic carbocycles. The Balaban J connectivity index is 1.83. The zero-order valence-electron chi connectivity index (χ0n) is 12.7. The van der Waals surface area contributed by atoms with Crippen molar-refractivity contribution in [3.8, 4) is 0 Å². The lowest BCUT2D eigenvalue weighted by Crippen LogP contribution is -2.28. The first-order valence-electron chi connectivity index (χ1n) is 7.61. The smallest absolute Gasteiger partial charge is 0.241 e. The molecule has 0 spiro atoms. The topological polar surface area (TPSA) is 68.8 Å². The summed E-state index contributed by atoms with van der Waals surface area (Å²) in [5.74, 6) is 0.293. The van der Waals surface area contributed by atoms with E-state index < -0.39 is 0 Å². The van der Waals surface area contributed by atoms with Crippen LogP contribution in [-0.2, 0) is 0 Å². The van der Waals surface area contributed by atoms with Gasteiger partial charge >= 0.3 is 0 Å². The molecule has 0 radical (unpaired) electrons. The van der Waals surface area contributed by atoms with Gasteiger partial charge in [-0.2, -0.15) is 4.98 Å². The van der Waals surface area contributed by atoms with E-state index in [1.165, 1.54) is 6.07 Å². The van der Waals surface area contributed by atoms with Crippen molar-refractivity contribution in [2.45, 2.75) is 18.5 Å². The molecule has 0 saturated carbocycles. The van der Waals surface area contributed by atoms with E-state index in [0.717, 1.165) is 5.56 Å². The number of nitrogen functional groups attached to an aromatic ring is 1. The van der Waals surface area contributed by atoms with Crippen molar-refractivity contribution in [2.75, 3.05) is 11.1 Å². The highest BCUT2D eigenvalue weighted by Crippen LogP contribution is 2.40. The maximum Gasteiger partial charge on any atom is 0.241 e. The highest BCUT2D eigenvalue weighted by atomic mass is 35.5. The van der Waals surface area contributed by atoms with Crippen LogP contribution in [0.1, 0.15) is 29.6 Å². The summed E-state index contributed by atoms with van der Waals surface area (Å²) in [7, 11) is 0. The molecule has 2 heterocycles. The quantitative estimate of drug-likeness (QED) is 0.742. The molecule has 0 amide bonds. The molecule has 0 saturated heterocycles. The predicted molar refractivity (Wildman–Crippen MR) is 91.4 cm³/mol. The van der Waals surface area contributed by atoms with Crippen molar-refractivity contribution < 1.29 is 4.39 Å². The first kappa shape index (κ1) is 15.0. The van der Waals surface area contributed by atoms with Crippen molar-refractivity contribution in [2.24, 2.45) is 0 Å². The molecule has 2 aromatic carbocycles. The van der Waals surface area contributed by atoms with E-state index >= 15 is 0 Å². The van der Waals surface area contributed by atoms with Gasteiger partial charge in [0.2, 0.25) is 11.9 Å². The van der Waals surface area contributed by atoms with Crippen LogP contribution in [0.3, 0.4) is 0 Å². The minimum absolute atomic E-state index is 0.0389. The Bertz CT molecular complexity index is 860. The zero-order valence-corrected chi connectivity index (χ0v) is 13.4. The lowest BCUT2D eigenvalue weighted by atomic mass is 9.93. The Kier molecular flexibility index (Phi) is 3.61. The van der Waals surface area contributed by atoms with E-state index in [9.17, 15) is 4.39 Å². The summed E-state index contributed by atoms with van der Waals surface area (Å²) >= 11 is 6.28. The van der Waals surface area contributed by atoms with Gasteiger partial charge in [0.05, 0.1) is 12.1 Å². The van der Waals surface area contributed by atoms with Crippen molar-refractivity contribution in [1.82, 2.24) is 14.8 Å². The Hall–Kier alpha value is -2.60. The maximum absolute atomic E-state index is 14.5. The van der Waals surface area contributed by atoms with E-state index in [-0.39, 0.29) is 23.8 Å². The summed E-state index contributed by atoms with van der Waals surface area (Å²) in [5, 5.41) is 7.90. The second-order valence-corrected chi connectivity index (χ2v) is 6.14. The predicted octanol–water partition coefficient (Wildman–Crippen LogP) is 3.80. The number of fused-ring (bicyclic) bond motifs is 1. The van der Waals surface area contributed by atoms with Crippen molar-refractivity contribution in [3.05, 3.63) is 70.5 Å². The first-order chi connectivity index (χ1) is 11.6.